The van der Waals surface area contributed by atoms with Gasteiger partial charge in [0.25, 0.3) is 0 Å². The summed E-state index contributed by atoms with van der Waals surface area (Å²) in [5.74, 6) is 0.563. The Kier molecular flexibility index (Phi) is 4.44. The molecule has 25 heavy (non-hydrogen) atoms. The average molecular weight is 334 g/mol. The fourth-order valence-electron chi connectivity index (χ4n) is 3.26. The zero-order valence-corrected chi connectivity index (χ0v) is 13.9. The molecule has 1 aromatic heterocycles. The largest absolute Gasteiger partial charge is 0.492 e. The van der Waals surface area contributed by atoms with Gasteiger partial charge in [-0.15, -0.1) is 0 Å². The molecule has 0 spiro atoms. The third-order valence-electron chi connectivity index (χ3n) is 4.48. The SMILES string of the molecule is Fc1ccc2c(c1)CN(Cc1ccccc1-c1ccncc1)CCO2. The number of pyridine rings is 1. The molecular weight excluding hydrogens is 315 g/mol. The Bertz CT molecular complexity index is 867. The minimum absolute atomic E-state index is 0.221. The van der Waals surface area contributed by atoms with Gasteiger partial charge >= 0.3 is 0 Å². The first-order valence-corrected chi connectivity index (χ1v) is 8.41. The monoisotopic (exact) mass is 334 g/mol. The van der Waals surface area contributed by atoms with E-state index in [-0.39, 0.29) is 5.82 Å². The van der Waals surface area contributed by atoms with Gasteiger partial charge in [0.2, 0.25) is 0 Å². The van der Waals surface area contributed by atoms with Crippen molar-refractivity contribution in [2.75, 3.05) is 13.2 Å². The molecule has 1 aliphatic rings. The van der Waals surface area contributed by atoms with E-state index < -0.39 is 0 Å². The first-order valence-electron chi connectivity index (χ1n) is 8.41. The lowest BCUT2D eigenvalue weighted by atomic mass is 10.00. The number of hydrogen-bond acceptors (Lipinski definition) is 3. The maximum Gasteiger partial charge on any atom is 0.124 e. The molecule has 0 atom stereocenters. The van der Waals surface area contributed by atoms with Gasteiger partial charge in [0, 0.05) is 37.6 Å². The molecule has 0 N–H and O–H groups in total. The maximum atomic E-state index is 13.6. The number of hydrogen-bond donors (Lipinski definition) is 0. The van der Waals surface area contributed by atoms with E-state index >= 15 is 0 Å². The van der Waals surface area contributed by atoms with Gasteiger partial charge in [-0.1, -0.05) is 24.3 Å². The first kappa shape index (κ1) is 15.8. The van der Waals surface area contributed by atoms with Crippen molar-refractivity contribution in [1.29, 1.82) is 0 Å². The Balaban J connectivity index is 1.61. The molecule has 0 radical (unpaired) electrons. The Morgan fingerprint density at radius 3 is 2.76 bits per heavy atom. The van der Waals surface area contributed by atoms with Crippen molar-refractivity contribution in [1.82, 2.24) is 9.88 Å². The van der Waals surface area contributed by atoms with Crippen molar-refractivity contribution in [2.45, 2.75) is 13.1 Å². The summed E-state index contributed by atoms with van der Waals surface area (Å²) in [7, 11) is 0. The summed E-state index contributed by atoms with van der Waals surface area (Å²) in [6, 6.07) is 17.2. The topological polar surface area (TPSA) is 25.4 Å². The summed E-state index contributed by atoms with van der Waals surface area (Å²) < 4.78 is 19.4. The lowest BCUT2D eigenvalue weighted by molar-refractivity contribution is 0.220. The second kappa shape index (κ2) is 7.03. The molecule has 4 heteroatoms. The fraction of sp³-hybridized carbons (Fsp3) is 0.190. The van der Waals surface area contributed by atoms with E-state index in [1.54, 1.807) is 12.1 Å². The highest BCUT2D eigenvalue weighted by molar-refractivity contribution is 5.66. The van der Waals surface area contributed by atoms with Crippen LogP contribution in [0.15, 0.2) is 67.0 Å². The average Bonchev–Trinajstić information content (AvgIpc) is 2.84. The van der Waals surface area contributed by atoms with Crippen LogP contribution in [0.25, 0.3) is 11.1 Å². The van der Waals surface area contributed by atoms with Crippen LogP contribution in [0.4, 0.5) is 4.39 Å². The summed E-state index contributed by atoms with van der Waals surface area (Å²) in [5.41, 5.74) is 4.50. The number of fused-ring (bicyclic) bond motifs is 1. The predicted molar refractivity (Wildman–Crippen MR) is 95.7 cm³/mol. The number of rotatable bonds is 3. The van der Waals surface area contributed by atoms with E-state index in [9.17, 15) is 4.39 Å². The summed E-state index contributed by atoms with van der Waals surface area (Å²) in [4.78, 5) is 6.40. The second-order valence-corrected chi connectivity index (χ2v) is 6.20. The van der Waals surface area contributed by atoms with Crippen LogP contribution in [-0.2, 0) is 13.1 Å². The molecule has 0 bridgehead atoms. The molecule has 0 saturated carbocycles. The van der Waals surface area contributed by atoms with Crippen LogP contribution >= 0.6 is 0 Å². The molecular formula is C21H19FN2O. The van der Waals surface area contributed by atoms with Crippen molar-refractivity contribution in [3.05, 3.63) is 83.9 Å². The van der Waals surface area contributed by atoms with Crippen molar-refractivity contribution in [3.63, 3.8) is 0 Å². The summed E-state index contributed by atoms with van der Waals surface area (Å²) >= 11 is 0. The van der Waals surface area contributed by atoms with E-state index in [2.05, 4.69) is 34.1 Å². The van der Waals surface area contributed by atoms with Crippen LogP contribution in [0.5, 0.6) is 5.75 Å². The Hall–Kier alpha value is -2.72. The van der Waals surface area contributed by atoms with Gasteiger partial charge in [-0.3, -0.25) is 9.88 Å². The number of aromatic nitrogens is 1. The highest BCUT2D eigenvalue weighted by Gasteiger charge is 2.17. The number of benzene rings is 2. The number of ether oxygens (including phenoxy) is 1. The number of halogens is 1. The maximum absolute atomic E-state index is 13.6. The molecule has 0 fully saturated rings. The molecule has 3 nitrogen and oxygen atoms in total. The highest BCUT2D eigenvalue weighted by atomic mass is 19.1. The van der Waals surface area contributed by atoms with Crippen molar-refractivity contribution in [3.8, 4) is 16.9 Å². The minimum Gasteiger partial charge on any atom is -0.492 e. The van der Waals surface area contributed by atoms with E-state index in [1.807, 2.05) is 24.5 Å². The summed E-state index contributed by atoms with van der Waals surface area (Å²) in [6.45, 7) is 2.88. The third-order valence-corrected chi connectivity index (χ3v) is 4.48. The van der Waals surface area contributed by atoms with Gasteiger partial charge in [0.15, 0.2) is 0 Å². The quantitative estimate of drug-likeness (QED) is 0.715. The second-order valence-electron chi connectivity index (χ2n) is 6.20. The standard InChI is InChI=1S/C21H19FN2O/c22-19-5-6-21-18(13-19)15-24(11-12-25-21)14-17-3-1-2-4-20(17)16-7-9-23-10-8-16/h1-10,13H,11-12,14-15H2. The molecule has 2 heterocycles. The lowest BCUT2D eigenvalue weighted by Crippen LogP contribution is -2.25. The smallest absolute Gasteiger partial charge is 0.124 e. The van der Waals surface area contributed by atoms with Crippen LogP contribution in [-0.4, -0.2) is 23.0 Å². The van der Waals surface area contributed by atoms with Crippen LogP contribution in [0.3, 0.4) is 0 Å². The Morgan fingerprint density at radius 2 is 1.88 bits per heavy atom. The molecule has 3 aromatic rings. The Labute approximate surface area is 146 Å². The van der Waals surface area contributed by atoms with Crippen LogP contribution in [0.1, 0.15) is 11.1 Å². The van der Waals surface area contributed by atoms with Crippen LogP contribution in [0, 0.1) is 5.82 Å². The van der Waals surface area contributed by atoms with Gasteiger partial charge < -0.3 is 4.74 Å². The Morgan fingerprint density at radius 1 is 1.04 bits per heavy atom. The van der Waals surface area contributed by atoms with Gasteiger partial charge in [-0.2, -0.15) is 0 Å². The predicted octanol–water partition coefficient (Wildman–Crippen LogP) is 4.28. The molecule has 2 aromatic carbocycles. The zero-order chi connectivity index (χ0) is 17.1. The van der Waals surface area contributed by atoms with Crippen LogP contribution < -0.4 is 4.74 Å². The van der Waals surface area contributed by atoms with E-state index in [0.717, 1.165) is 30.0 Å². The summed E-state index contributed by atoms with van der Waals surface area (Å²) in [6.07, 6.45) is 3.62. The zero-order valence-electron chi connectivity index (χ0n) is 13.9. The van der Waals surface area contributed by atoms with E-state index in [4.69, 9.17) is 4.74 Å². The fourth-order valence-corrected chi connectivity index (χ4v) is 3.26. The molecule has 1 aliphatic heterocycles. The normalized spacial score (nSPS) is 14.4. The van der Waals surface area contributed by atoms with Gasteiger partial charge in [-0.25, -0.2) is 4.39 Å². The van der Waals surface area contributed by atoms with Crippen molar-refractivity contribution >= 4 is 0 Å². The molecule has 0 unspecified atom stereocenters. The van der Waals surface area contributed by atoms with E-state index in [0.29, 0.717) is 13.2 Å². The molecule has 0 aliphatic carbocycles. The molecule has 0 amide bonds. The van der Waals surface area contributed by atoms with Gasteiger partial charge in [-0.05, 0) is 47.0 Å². The lowest BCUT2D eigenvalue weighted by Gasteiger charge is -2.21. The minimum atomic E-state index is -0.221. The van der Waals surface area contributed by atoms with Crippen molar-refractivity contribution in [2.24, 2.45) is 0 Å². The van der Waals surface area contributed by atoms with Crippen molar-refractivity contribution < 1.29 is 9.13 Å². The van der Waals surface area contributed by atoms with Gasteiger partial charge in [0.1, 0.15) is 18.2 Å². The van der Waals surface area contributed by atoms with Crippen LogP contribution in [0.2, 0.25) is 0 Å². The molecule has 4 rings (SSSR count). The number of nitrogens with zero attached hydrogens (tertiary/aromatic N) is 2. The van der Waals surface area contributed by atoms with Gasteiger partial charge in [0.05, 0.1) is 0 Å². The highest BCUT2D eigenvalue weighted by Crippen LogP contribution is 2.28. The third kappa shape index (κ3) is 3.54. The first-order chi connectivity index (χ1) is 12.3. The molecule has 0 saturated heterocycles. The summed E-state index contributed by atoms with van der Waals surface area (Å²) in [5, 5.41) is 0. The van der Waals surface area contributed by atoms with E-state index in [1.165, 1.54) is 17.2 Å². The molecule has 126 valence electrons.